The zero-order valence-electron chi connectivity index (χ0n) is 9.18. The van der Waals surface area contributed by atoms with Gasteiger partial charge in [-0.2, -0.15) is 0 Å². The maximum absolute atomic E-state index is 5.64. The predicted octanol–water partition coefficient (Wildman–Crippen LogP) is 1.80. The Morgan fingerprint density at radius 3 is 2.46 bits per heavy atom. The first-order valence-electron chi connectivity index (χ1n) is 4.89. The Bertz CT molecular complexity index is 169. The summed E-state index contributed by atoms with van der Waals surface area (Å²) in [6, 6.07) is 0.238. The highest BCUT2D eigenvalue weighted by molar-refractivity contribution is 4.96. The molecule has 0 amide bonds. The van der Waals surface area contributed by atoms with Crippen molar-refractivity contribution in [3.05, 3.63) is 0 Å². The molecule has 0 bridgehead atoms. The summed E-state index contributed by atoms with van der Waals surface area (Å²) in [5.41, 5.74) is -0.183. The molecule has 2 nitrogen and oxygen atoms in total. The molecule has 0 fully saturated rings. The van der Waals surface area contributed by atoms with E-state index in [1.54, 1.807) is 0 Å². The minimum atomic E-state index is -0.183. The molecule has 1 unspecified atom stereocenters. The van der Waals surface area contributed by atoms with Crippen LogP contribution in [0.15, 0.2) is 0 Å². The lowest BCUT2D eigenvalue weighted by atomic mass is 9.95. The highest BCUT2D eigenvalue weighted by Gasteiger charge is 2.28. The molecule has 0 aromatic carbocycles. The van der Waals surface area contributed by atoms with Crippen LogP contribution in [0.1, 0.15) is 34.1 Å². The smallest absolute Gasteiger partial charge is 0.0787 e. The second-order valence-electron chi connectivity index (χ2n) is 3.55. The molecule has 0 saturated carbocycles. The summed E-state index contributed by atoms with van der Waals surface area (Å²) in [5, 5.41) is 3.34. The molecule has 0 rings (SSSR count). The molecule has 0 spiro atoms. The van der Waals surface area contributed by atoms with E-state index in [2.05, 4.69) is 32.0 Å². The van der Waals surface area contributed by atoms with E-state index in [-0.39, 0.29) is 11.6 Å². The molecule has 2 heteroatoms. The van der Waals surface area contributed by atoms with Crippen LogP contribution in [-0.4, -0.2) is 24.8 Å². The molecular weight excluding hydrogens is 162 g/mol. The van der Waals surface area contributed by atoms with Gasteiger partial charge in [0.05, 0.1) is 5.60 Å². The lowest BCUT2D eigenvalue weighted by Crippen LogP contribution is -2.48. The molecule has 76 valence electrons. The monoisotopic (exact) mass is 183 g/mol. The molecule has 0 aromatic rings. The minimum absolute atomic E-state index is 0.183. The van der Waals surface area contributed by atoms with Crippen molar-refractivity contribution in [3.63, 3.8) is 0 Å². The van der Waals surface area contributed by atoms with Crippen molar-refractivity contribution in [1.29, 1.82) is 0 Å². The van der Waals surface area contributed by atoms with E-state index >= 15 is 0 Å². The summed E-state index contributed by atoms with van der Waals surface area (Å²) < 4.78 is 5.64. The topological polar surface area (TPSA) is 21.3 Å². The van der Waals surface area contributed by atoms with Crippen molar-refractivity contribution < 1.29 is 4.74 Å². The largest absolute Gasteiger partial charge is 0.374 e. The minimum Gasteiger partial charge on any atom is -0.374 e. The van der Waals surface area contributed by atoms with Gasteiger partial charge in [0, 0.05) is 19.1 Å². The van der Waals surface area contributed by atoms with E-state index in [4.69, 9.17) is 11.2 Å². The highest BCUT2D eigenvalue weighted by Crippen LogP contribution is 2.17. The zero-order valence-corrected chi connectivity index (χ0v) is 9.18. The van der Waals surface area contributed by atoms with E-state index in [9.17, 15) is 0 Å². The first-order chi connectivity index (χ1) is 6.08. The molecule has 1 N–H and O–H groups in total. The average molecular weight is 183 g/mol. The number of hydrogen-bond donors (Lipinski definition) is 1. The summed E-state index contributed by atoms with van der Waals surface area (Å²) in [6.45, 7) is 9.86. The van der Waals surface area contributed by atoms with Crippen LogP contribution in [0, 0.1) is 12.3 Å². The molecule has 0 aliphatic rings. The van der Waals surface area contributed by atoms with Crippen LogP contribution >= 0.6 is 0 Å². The van der Waals surface area contributed by atoms with Crippen LogP contribution in [0.2, 0.25) is 0 Å². The fourth-order valence-corrected chi connectivity index (χ4v) is 1.40. The van der Waals surface area contributed by atoms with Gasteiger partial charge in [-0.15, -0.1) is 12.3 Å². The summed E-state index contributed by atoms with van der Waals surface area (Å²) in [5.74, 6) is 2.67. The van der Waals surface area contributed by atoms with E-state index in [0.717, 1.165) is 13.2 Å². The third kappa shape index (κ3) is 4.31. The second-order valence-corrected chi connectivity index (χ2v) is 3.55. The molecule has 0 radical (unpaired) electrons. The molecule has 0 aliphatic carbocycles. The van der Waals surface area contributed by atoms with Gasteiger partial charge in [-0.25, -0.2) is 0 Å². The Labute approximate surface area is 82.1 Å². The van der Waals surface area contributed by atoms with Crippen molar-refractivity contribution >= 4 is 0 Å². The van der Waals surface area contributed by atoms with Gasteiger partial charge in [-0.3, -0.25) is 0 Å². The SMILES string of the molecule is C#CCC(NCC)C(C)(C)OCC. The normalized spacial score (nSPS) is 13.8. The van der Waals surface area contributed by atoms with E-state index in [1.807, 2.05) is 6.92 Å². The average Bonchev–Trinajstić information content (AvgIpc) is 2.04. The van der Waals surface area contributed by atoms with Gasteiger partial charge in [0.25, 0.3) is 0 Å². The van der Waals surface area contributed by atoms with Crippen molar-refractivity contribution in [2.24, 2.45) is 0 Å². The first kappa shape index (κ1) is 12.5. The summed E-state index contributed by atoms with van der Waals surface area (Å²) >= 11 is 0. The van der Waals surface area contributed by atoms with Crippen molar-refractivity contribution in [1.82, 2.24) is 5.32 Å². The highest BCUT2D eigenvalue weighted by atomic mass is 16.5. The van der Waals surface area contributed by atoms with Crippen LogP contribution in [0.4, 0.5) is 0 Å². The predicted molar refractivity (Wildman–Crippen MR) is 56.6 cm³/mol. The van der Waals surface area contributed by atoms with Crippen LogP contribution < -0.4 is 5.32 Å². The van der Waals surface area contributed by atoms with Crippen LogP contribution in [0.5, 0.6) is 0 Å². The van der Waals surface area contributed by atoms with E-state index in [1.165, 1.54) is 0 Å². The maximum Gasteiger partial charge on any atom is 0.0787 e. The van der Waals surface area contributed by atoms with Crippen LogP contribution in [0.3, 0.4) is 0 Å². The number of ether oxygens (including phenoxy) is 1. The van der Waals surface area contributed by atoms with Gasteiger partial charge in [-0.1, -0.05) is 6.92 Å². The molecule has 0 saturated heterocycles. The summed E-state index contributed by atoms with van der Waals surface area (Å²) in [6.07, 6.45) is 6.02. The standard InChI is InChI=1S/C11H21NO/c1-6-9-10(12-7-2)11(4,5)13-8-3/h1,10,12H,7-9H2,2-5H3. The lowest BCUT2D eigenvalue weighted by molar-refractivity contribution is -0.0365. The quantitative estimate of drug-likeness (QED) is 0.634. The Morgan fingerprint density at radius 2 is 2.08 bits per heavy atom. The third-order valence-corrected chi connectivity index (χ3v) is 2.13. The Kier molecular flexibility index (Phi) is 5.77. The lowest BCUT2D eigenvalue weighted by Gasteiger charge is -2.33. The van der Waals surface area contributed by atoms with Crippen LogP contribution in [0.25, 0.3) is 0 Å². The van der Waals surface area contributed by atoms with Crippen molar-refractivity contribution in [2.45, 2.75) is 45.8 Å². The van der Waals surface area contributed by atoms with Gasteiger partial charge in [-0.05, 0) is 27.3 Å². The third-order valence-electron chi connectivity index (χ3n) is 2.13. The summed E-state index contributed by atoms with van der Waals surface area (Å²) in [7, 11) is 0. The molecule has 0 aliphatic heterocycles. The number of rotatable bonds is 6. The second kappa shape index (κ2) is 6.01. The molecular formula is C11H21NO. The maximum atomic E-state index is 5.64. The number of nitrogens with one attached hydrogen (secondary N) is 1. The van der Waals surface area contributed by atoms with Crippen molar-refractivity contribution in [2.75, 3.05) is 13.2 Å². The summed E-state index contributed by atoms with van der Waals surface area (Å²) in [4.78, 5) is 0. The van der Waals surface area contributed by atoms with Gasteiger partial charge in [0.2, 0.25) is 0 Å². The first-order valence-corrected chi connectivity index (χ1v) is 4.89. The van der Waals surface area contributed by atoms with E-state index in [0.29, 0.717) is 6.42 Å². The number of terminal acetylenes is 1. The molecule has 0 heterocycles. The Hall–Kier alpha value is -0.520. The number of hydrogen-bond acceptors (Lipinski definition) is 2. The van der Waals surface area contributed by atoms with Crippen molar-refractivity contribution in [3.8, 4) is 12.3 Å². The molecule has 0 aromatic heterocycles. The molecule has 13 heavy (non-hydrogen) atoms. The van der Waals surface area contributed by atoms with Gasteiger partial charge >= 0.3 is 0 Å². The number of likely N-dealkylation sites (N-methyl/N-ethyl adjacent to an activating group) is 1. The van der Waals surface area contributed by atoms with Gasteiger partial charge in [0.1, 0.15) is 0 Å². The fourth-order valence-electron chi connectivity index (χ4n) is 1.40. The van der Waals surface area contributed by atoms with E-state index < -0.39 is 0 Å². The van der Waals surface area contributed by atoms with Gasteiger partial charge in [0.15, 0.2) is 0 Å². The van der Waals surface area contributed by atoms with Crippen LogP contribution in [-0.2, 0) is 4.74 Å². The molecule has 1 atom stereocenters. The zero-order chi connectivity index (χ0) is 10.3. The Morgan fingerprint density at radius 1 is 1.46 bits per heavy atom. The fraction of sp³-hybridized carbons (Fsp3) is 0.818. The Balaban J connectivity index is 4.24. The van der Waals surface area contributed by atoms with Gasteiger partial charge < -0.3 is 10.1 Å².